The molecule has 0 saturated carbocycles. The van der Waals surface area contributed by atoms with Gasteiger partial charge in [-0.25, -0.2) is 9.78 Å². The number of hydrogen-bond acceptors (Lipinski definition) is 3. The summed E-state index contributed by atoms with van der Waals surface area (Å²) in [5.41, 5.74) is 3.00. The zero-order chi connectivity index (χ0) is 16.3. The third-order valence-electron chi connectivity index (χ3n) is 3.36. The maximum atomic E-state index is 11.2. The summed E-state index contributed by atoms with van der Waals surface area (Å²) in [5, 5.41) is 12.3. The third kappa shape index (κ3) is 4.07. The second-order valence-corrected chi connectivity index (χ2v) is 7.07. The molecule has 22 heavy (non-hydrogen) atoms. The molecule has 0 fully saturated rings. The lowest BCUT2D eigenvalue weighted by atomic mass is 9.87. The first-order valence-corrected chi connectivity index (χ1v) is 7.79. The molecule has 0 unspecified atom stereocenters. The van der Waals surface area contributed by atoms with Gasteiger partial charge in [-0.3, -0.25) is 0 Å². The zero-order valence-corrected chi connectivity index (χ0v) is 14.4. The van der Waals surface area contributed by atoms with E-state index in [-0.39, 0.29) is 11.1 Å². The van der Waals surface area contributed by atoms with Crippen LogP contribution in [-0.2, 0) is 12.0 Å². The van der Waals surface area contributed by atoms with Crippen molar-refractivity contribution < 1.29 is 9.90 Å². The smallest absolute Gasteiger partial charge is 0.356 e. The number of rotatable bonds is 4. The molecule has 2 rings (SSSR count). The first-order valence-electron chi connectivity index (χ1n) is 6.99. The number of carboxylic acids is 1. The molecule has 0 bridgehead atoms. The molecule has 2 N–H and O–H groups in total. The van der Waals surface area contributed by atoms with Crippen LogP contribution in [0.2, 0.25) is 0 Å². The number of hydrogen-bond donors (Lipinski definition) is 2. The molecule has 0 aliphatic rings. The minimum Gasteiger partial charge on any atom is -0.476 e. The number of nitrogens with one attached hydrogen (secondary N) is 1. The molecular formula is C17H19BrN2O2. The fourth-order valence-electron chi connectivity index (χ4n) is 2.06. The number of carbonyl (C=O) groups is 1. The van der Waals surface area contributed by atoms with Gasteiger partial charge in [0.25, 0.3) is 0 Å². The van der Waals surface area contributed by atoms with Gasteiger partial charge in [0.1, 0.15) is 0 Å². The van der Waals surface area contributed by atoms with Crippen LogP contribution in [0.25, 0.3) is 0 Å². The largest absolute Gasteiger partial charge is 0.476 e. The summed E-state index contributed by atoms with van der Waals surface area (Å²) in [5.74, 6) is -1.04. The van der Waals surface area contributed by atoms with Crippen molar-refractivity contribution in [3.05, 3.63) is 57.8 Å². The number of aromatic carboxylic acids is 1. The molecular weight excluding hydrogens is 344 g/mol. The Labute approximate surface area is 138 Å². The number of carboxylic acid groups (broad SMARTS) is 1. The van der Waals surface area contributed by atoms with Gasteiger partial charge in [-0.1, -0.05) is 45.0 Å². The number of aromatic nitrogens is 1. The summed E-state index contributed by atoms with van der Waals surface area (Å²) >= 11 is 3.31. The van der Waals surface area contributed by atoms with E-state index in [0.717, 1.165) is 10.0 Å². The van der Waals surface area contributed by atoms with Crippen molar-refractivity contribution in [1.29, 1.82) is 0 Å². The highest BCUT2D eigenvalue weighted by Crippen LogP contribution is 2.23. The van der Waals surface area contributed by atoms with Crippen molar-refractivity contribution in [2.45, 2.75) is 32.7 Å². The lowest BCUT2D eigenvalue weighted by molar-refractivity contribution is 0.0691. The fraction of sp³-hybridized carbons (Fsp3) is 0.294. The molecule has 116 valence electrons. The number of anilines is 1. The average molecular weight is 363 g/mol. The number of nitrogens with zero attached hydrogens (tertiary/aromatic N) is 1. The topological polar surface area (TPSA) is 62.2 Å². The third-order valence-corrected chi connectivity index (χ3v) is 3.79. The predicted molar refractivity (Wildman–Crippen MR) is 91.4 cm³/mol. The number of benzene rings is 1. The zero-order valence-electron chi connectivity index (χ0n) is 12.9. The quantitative estimate of drug-likeness (QED) is 0.842. The standard InChI is InChI=1S/C17H19BrN2O2/c1-17(2,3)12-6-4-11(5-7-12)9-19-14-8-13(18)10-20-15(14)16(21)22/h4-8,10,19H,9H2,1-3H3,(H,21,22). The average Bonchev–Trinajstić information content (AvgIpc) is 2.44. The highest BCUT2D eigenvalue weighted by atomic mass is 79.9. The molecule has 0 saturated heterocycles. The van der Waals surface area contributed by atoms with Crippen molar-refractivity contribution >= 4 is 27.6 Å². The number of pyridine rings is 1. The summed E-state index contributed by atoms with van der Waals surface area (Å²) in [6.07, 6.45) is 1.48. The van der Waals surface area contributed by atoms with Gasteiger partial charge < -0.3 is 10.4 Å². The lowest BCUT2D eigenvalue weighted by Gasteiger charge is -2.19. The molecule has 4 nitrogen and oxygen atoms in total. The van der Waals surface area contributed by atoms with Crippen LogP contribution in [-0.4, -0.2) is 16.1 Å². The Morgan fingerprint density at radius 3 is 2.45 bits per heavy atom. The van der Waals surface area contributed by atoms with Gasteiger partial charge in [0, 0.05) is 17.2 Å². The highest BCUT2D eigenvalue weighted by molar-refractivity contribution is 9.10. The van der Waals surface area contributed by atoms with Crippen molar-refractivity contribution in [2.24, 2.45) is 0 Å². The molecule has 0 aliphatic heterocycles. The van der Waals surface area contributed by atoms with Gasteiger partial charge >= 0.3 is 5.97 Å². The van der Waals surface area contributed by atoms with Gasteiger partial charge in [-0.2, -0.15) is 0 Å². The van der Waals surface area contributed by atoms with Gasteiger partial charge in [0.15, 0.2) is 5.69 Å². The molecule has 2 aromatic rings. The van der Waals surface area contributed by atoms with Crippen molar-refractivity contribution in [2.75, 3.05) is 5.32 Å². The molecule has 0 amide bonds. The van der Waals surface area contributed by atoms with Crippen LogP contribution in [0.3, 0.4) is 0 Å². The summed E-state index contributed by atoms with van der Waals surface area (Å²) in [7, 11) is 0. The molecule has 0 aliphatic carbocycles. The van der Waals surface area contributed by atoms with Gasteiger partial charge in [-0.15, -0.1) is 0 Å². The van der Waals surface area contributed by atoms with E-state index in [4.69, 9.17) is 5.11 Å². The van der Waals surface area contributed by atoms with E-state index in [2.05, 4.69) is 71.3 Å². The SMILES string of the molecule is CC(C)(C)c1ccc(CNc2cc(Br)cnc2C(=O)O)cc1. The van der Waals surface area contributed by atoms with Crippen LogP contribution in [0.15, 0.2) is 41.0 Å². The van der Waals surface area contributed by atoms with E-state index in [1.807, 2.05) is 0 Å². The van der Waals surface area contributed by atoms with Crippen molar-refractivity contribution in [1.82, 2.24) is 4.98 Å². The van der Waals surface area contributed by atoms with E-state index in [0.29, 0.717) is 12.2 Å². The number of halogens is 1. The Morgan fingerprint density at radius 2 is 1.91 bits per heavy atom. The second-order valence-electron chi connectivity index (χ2n) is 6.16. The van der Waals surface area contributed by atoms with E-state index < -0.39 is 5.97 Å². The van der Waals surface area contributed by atoms with Crippen molar-refractivity contribution in [3.63, 3.8) is 0 Å². The van der Waals surface area contributed by atoms with Crippen LogP contribution in [0.4, 0.5) is 5.69 Å². The molecule has 0 atom stereocenters. The van der Waals surface area contributed by atoms with Gasteiger partial charge in [-0.05, 0) is 38.5 Å². The maximum Gasteiger partial charge on any atom is 0.356 e. The van der Waals surface area contributed by atoms with Gasteiger partial charge in [0.05, 0.1) is 5.69 Å². The predicted octanol–water partition coefficient (Wildman–Crippen LogP) is 4.45. The van der Waals surface area contributed by atoms with Crippen molar-refractivity contribution in [3.8, 4) is 0 Å². The normalized spacial score (nSPS) is 11.3. The molecule has 1 aromatic heterocycles. The molecule has 5 heteroatoms. The highest BCUT2D eigenvalue weighted by Gasteiger charge is 2.14. The van der Waals surface area contributed by atoms with Gasteiger partial charge in [0.2, 0.25) is 0 Å². The molecule has 1 heterocycles. The minimum absolute atomic E-state index is 0.0227. The van der Waals surface area contributed by atoms with Crippen LogP contribution in [0, 0.1) is 0 Å². The Balaban J connectivity index is 2.13. The first kappa shape index (κ1) is 16.5. The molecule has 0 spiro atoms. The Hall–Kier alpha value is -1.88. The fourth-order valence-corrected chi connectivity index (χ4v) is 2.40. The summed E-state index contributed by atoms with van der Waals surface area (Å²) in [6.45, 7) is 7.06. The van der Waals surface area contributed by atoms with Crippen LogP contribution < -0.4 is 5.32 Å². The summed E-state index contributed by atoms with van der Waals surface area (Å²) < 4.78 is 0.739. The first-order chi connectivity index (χ1) is 10.3. The summed E-state index contributed by atoms with van der Waals surface area (Å²) in [4.78, 5) is 15.1. The second kappa shape index (κ2) is 6.48. The van der Waals surface area contributed by atoms with Crippen LogP contribution >= 0.6 is 15.9 Å². The monoisotopic (exact) mass is 362 g/mol. The van der Waals surface area contributed by atoms with Crippen LogP contribution in [0.5, 0.6) is 0 Å². The van der Waals surface area contributed by atoms with E-state index in [1.54, 1.807) is 6.07 Å². The molecule has 0 radical (unpaired) electrons. The Bertz CT molecular complexity index is 676. The summed E-state index contributed by atoms with van der Waals surface area (Å²) in [6, 6.07) is 10.0. The minimum atomic E-state index is -1.04. The maximum absolute atomic E-state index is 11.2. The van der Waals surface area contributed by atoms with E-state index >= 15 is 0 Å². The van der Waals surface area contributed by atoms with E-state index in [9.17, 15) is 4.79 Å². The van der Waals surface area contributed by atoms with Crippen LogP contribution in [0.1, 0.15) is 42.4 Å². The van der Waals surface area contributed by atoms with E-state index in [1.165, 1.54) is 11.8 Å². The Kier molecular flexibility index (Phi) is 4.86. The Morgan fingerprint density at radius 1 is 1.27 bits per heavy atom. The lowest BCUT2D eigenvalue weighted by Crippen LogP contribution is -2.11. The molecule has 1 aromatic carbocycles.